The third-order valence-electron chi connectivity index (χ3n) is 4.79. The largest absolute Gasteiger partial charge is 0.466 e. The average Bonchev–Trinajstić information content (AvgIpc) is 2.77. The van der Waals surface area contributed by atoms with Gasteiger partial charge < -0.3 is 10.1 Å². The fourth-order valence-corrected chi connectivity index (χ4v) is 3.70. The number of nitrogens with one attached hydrogen (secondary N) is 1. The van der Waals surface area contributed by atoms with Crippen molar-refractivity contribution >= 4 is 5.97 Å². The van der Waals surface area contributed by atoms with Crippen LogP contribution in [0, 0.1) is 5.92 Å². The average molecular weight is 281 g/mol. The van der Waals surface area contributed by atoms with E-state index >= 15 is 0 Å². The molecule has 1 N–H and O–H groups in total. The van der Waals surface area contributed by atoms with E-state index in [-0.39, 0.29) is 5.97 Å². The smallest absolute Gasteiger partial charge is 0.306 e. The summed E-state index contributed by atoms with van der Waals surface area (Å²) in [5.74, 6) is 0.593. The maximum atomic E-state index is 11.8. The van der Waals surface area contributed by atoms with E-state index in [9.17, 15) is 4.79 Å². The molecule has 0 amide bonds. The van der Waals surface area contributed by atoms with Gasteiger partial charge in [0.1, 0.15) is 0 Å². The lowest BCUT2D eigenvalue weighted by atomic mass is 9.90. The molecule has 0 aromatic rings. The van der Waals surface area contributed by atoms with Gasteiger partial charge in [0.05, 0.1) is 6.61 Å². The van der Waals surface area contributed by atoms with Crippen LogP contribution < -0.4 is 5.32 Å². The molecule has 2 rings (SSSR count). The quantitative estimate of drug-likeness (QED) is 0.516. The number of carbonyl (C=O) groups excluding carboxylic acids is 1. The lowest BCUT2D eigenvalue weighted by Gasteiger charge is -2.28. The van der Waals surface area contributed by atoms with Gasteiger partial charge in [0.2, 0.25) is 0 Å². The molecular formula is C17H31NO2. The Morgan fingerprint density at radius 3 is 2.40 bits per heavy atom. The van der Waals surface area contributed by atoms with E-state index in [1.54, 1.807) is 0 Å². The third kappa shape index (κ3) is 5.43. The summed E-state index contributed by atoms with van der Waals surface area (Å²) in [5.41, 5.74) is 0. The normalized spacial score (nSPS) is 28.6. The Hall–Kier alpha value is -0.570. The first-order chi connectivity index (χ1) is 9.78. The van der Waals surface area contributed by atoms with Crippen molar-refractivity contribution in [1.29, 1.82) is 0 Å². The Balaban J connectivity index is 1.48. The Morgan fingerprint density at radius 1 is 1.05 bits per heavy atom. The van der Waals surface area contributed by atoms with E-state index < -0.39 is 0 Å². The van der Waals surface area contributed by atoms with Crippen LogP contribution in [0.2, 0.25) is 0 Å². The van der Waals surface area contributed by atoms with E-state index in [1.807, 2.05) is 0 Å². The van der Waals surface area contributed by atoms with Crippen molar-refractivity contribution in [3.8, 4) is 0 Å². The molecule has 0 aliphatic carbocycles. The Bertz CT molecular complexity index is 281. The molecule has 20 heavy (non-hydrogen) atoms. The highest BCUT2D eigenvalue weighted by Crippen LogP contribution is 2.32. The van der Waals surface area contributed by atoms with Gasteiger partial charge in [0.15, 0.2) is 0 Å². The van der Waals surface area contributed by atoms with E-state index in [0.717, 1.165) is 6.42 Å². The first-order valence-corrected chi connectivity index (χ1v) is 8.69. The highest BCUT2D eigenvalue weighted by Gasteiger charge is 2.34. The summed E-state index contributed by atoms with van der Waals surface area (Å²) < 4.78 is 5.38. The molecule has 0 radical (unpaired) electrons. The van der Waals surface area contributed by atoms with Crippen molar-refractivity contribution in [2.75, 3.05) is 6.61 Å². The van der Waals surface area contributed by atoms with Crippen LogP contribution in [-0.2, 0) is 9.53 Å². The van der Waals surface area contributed by atoms with E-state index in [0.29, 0.717) is 31.0 Å². The van der Waals surface area contributed by atoms with Crippen LogP contribution in [0.25, 0.3) is 0 Å². The predicted octanol–water partition coefficient (Wildman–Crippen LogP) is 3.81. The van der Waals surface area contributed by atoms with Crippen molar-refractivity contribution in [3.05, 3.63) is 0 Å². The maximum absolute atomic E-state index is 11.8. The lowest BCUT2D eigenvalue weighted by Crippen LogP contribution is -2.38. The first kappa shape index (κ1) is 15.8. The van der Waals surface area contributed by atoms with Crippen LogP contribution >= 0.6 is 0 Å². The lowest BCUT2D eigenvalue weighted by molar-refractivity contribution is -0.145. The SMILES string of the molecule is CCCCCCCCOC(=O)CC1CC2CCC(C1)N2. The number of esters is 1. The molecule has 2 aliphatic heterocycles. The van der Waals surface area contributed by atoms with Gasteiger partial charge in [-0.25, -0.2) is 0 Å². The van der Waals surface area contributed by atoms with Crippen LogP contribution in [0.1, 0.15) is 77.6 Å². The van der Waals surface area contributed by atoms with E-state index in [4.69, 9.17) is 4.74 Å². The summed E-state index contributed by atoms with van der Waals surface area (Å²) >= 11 is 0. The van der Waals surface area contributed by atoms with Crippen LogP contribution in [0.15, 0.2) is 0 Å². The van der Waals surface area contributed by atoms with Crippen molar-refractivity contribution < 1.29 is 9.53 Å². The second-order valence-corrected chi connectivity index (χ2v) is 6.67. The van der Waals surface area contributed by atoms with Gasteiger partial charge in [-0.2, -0.15) is 0 Å². The number of rotatable bonds is 9. The zero-order valence-corrected chi connectivity index (χ0v) is 13.0. The fourth-order valence-electron chi connectivity index (χ4n) is 3.70. The van der Waals surface area contributed by atoms with Gasteiger partial charge in [-0.3, -0.25) is 4.79 Å². The minimum atomic E-state index is 0.0323. The standard InChI is InChI=1S/C17H31NO2/c1-2-3-4-5-6-7-10-20-17(19)13-14-11-15-8-9-16(12-14)18-15/h14-16,18H,2-13H2,1H3. The highest BCUT2D eigenvalue weighted by molar-refractivity contribution is 5.69. The molecule has 2 atom stereocenters. The highest BCUT2D eigenvalue weighted by atomic mass is 16.5. The minimum Gasteiger partial charge on any atom is -0.466 e. The van der Waals surface area contributed by atoms with Crippen molar-refractivity contribution in [1.82, 2.24) is 5.32 Å². The Kier molecular flexibility index (Phi) is 6.85. The molecule has 0 saturated carbocycles. The van der Waals surface area contributed by atoms with Crippen molar-refractivity contribution in [2.24, 2.45) is 5.92 Å². The van der Waals surface area contributed by atoms with Crippen LogP contribution in [-0.4, -0.2) is 24.7 Å². The molecule has 3 heteroatoms. The fraction of sp³-hybridized carbons (Fsp3) is 0.941. The predicted molar refractivity (Wildman–Crippen MR) is 81.6 cm³/mol. The number of hydrogen-bond donors (Lipinski definition) is 1. The molecule has 2 saturated heterocycles. The summed E-state index contributed by atoms with van der Waals surface area (Å²) in [5, 5.41) is 3.62. The van der Waals surface area contributed by atoms with E-state index in [1.165, 1.54) is 57.8 Å². The molecule has 0 spiro atoms. The Morgan fingerprint density at radius 2 is 1.70 bits per heavy atom. The second kappa shape index (κ2) is 8.66. The van der Waals surface area contributed by atoms with Gasteiger partial charge in [-0.1, -0.05) is 39.0 Å². The molecule has 2 aliphatic rings. The second-order valence-electron chi connectivity index (χ2n) is 6.67. The molecule has 3 nitrogen and oxygen atoms in total. The number of carbonyl (C=O) groups is 1. The van der Waals surface area contributed by atoms with Crippen molar-refractivity contribution in [2.45, 2.75) is 89.6 Å². The number of ether oxygens (including phenoxy) is 1. The Labute approximate surface area is 123 Å². The molecule has 2 bridgehead atoms. The molecule has 2 unspecified atom stereocenters. The summed E-state index contributed by atoms with van der Waals surface area (Å²) in [6.45, 7) is 2.86. The molecule has 2 heterocycles. The van der Waals surface area contributed by atoms with Gasteiger partial charge >= 0.3 is 5.97 Å². The molecule has 116 valence electrons. The minimum absolute atomic E-state index is 0.0323. The molecular weight excluding hydrogens is 250 g/mol. The zero-order valence-electron chi connectivity index (χ0n) is 13.0. The maximum Gasteiger partial charge on any atom is 0.306 e. The molecule has 0 aromatic heterocycles. The first-order valence-electron chi connectivity index (χ1n) is 8.69. The summed E-state index contributed by atoms with van der Waals surface area (Å²) in [6, 6.07) is 1.34. The summed E-state index contributed by atoms with van der Waals surface area (Å²) in [7, 11) is 0. The van der Waals surface area contributed by atoms with Crippen LogP contribution in [0.3, 0.4) is 0 Å². The van der Waals surface area contributed by atoms with Crippen molar-refractivity contribution in [3.63, 3.8) is 0 Å². The van der Waals surface area contributed by atoms with E-state index in [2.05, 4.69) is 12.2 Å². The number of piperidine rings is 1. The van der Waals surface area contributed by atoms with Gasteiger partial charge in [-0.15, -0.1) is 0 Å². The van der Waals surface area contributed by atoms with Crippen LogP contribution in [0.4, 0.5) is 0 Å². The topological polar surface area (TPSA) is 38.3 Å². The van der Waals surface area contributed by atoms with Crippen LogP contribution in [0.5, 0.6) is 0 Å². The molecule has 2 fully saturated rings. The molecule has 0 aromatic carbocycles. The number of fused-ring (bicyclic) bond motifs is 2. The zero-order chi connectivity index (χ0) is 14.2. The monoisotopic (exact) mass is 281 g/mol. The van der Waals surface area contributed by atoms with Gasteiger partial charge in [-0.05, 0) is 38.0 Å². The number of hydrogen-bond acceptors (Lipinski definition) is 3. The third-order valence-corrected chi connectivity index (χ3v) is 4.79. The summed E-state index contributed by atoms with van der Waals surface area (Å²) in [6.07, 6.45) is 13.0. The van der Waals surface area contributed by atoms with Gasteiger partial charge in [0.25, 0.3) is 0 Å². The van der Waals surface area contributed by atoms with Gasteiger partial charge in [0, 0.05) is 18.5 Å². The number of unbranched alkanes of at least 4 members (excludes halogenated alkanes) is 5. The summed E-state index contributed by atoms with van der Waals surface area (Å²) in [4.78, 5) is 11.8.